The maximum absolute atomic E-state index is 14.1. The van der Waals surface area contributed by atoms with E-state index >= 15 is 0 Å². The summed E-state index contributed by atoms with van der Waals surface area (Å²) in [6.07, 6.45) is 0.341. The number of rotatable bonds is 11. The lowest BCUT2D eigenvalue weighted by molar-refractivity contribution is -0.141. The van der Waals surface area contributed by atoms with Gasteiger partial charge in [0.2, 0.25) is 11.8 Å². The third kappa shape index (κ3) is 7.85. The van der Waals surface area contributed by atoms with Gasteiger partial charge in [0.15, 0.2) is 0 Å². The van der Waals surface area contributed by atoms with E-state index in [0.717, 1.165) is 15.4 Å². The Kier molecular flexibility index (Phi) is 9.98. The fourth-order valence-corrected chi connectivity index (χ4v) is 5.71. The minimum absolute atomic E-state index is 0.0756. The minimum atomic E-state index is -4.10. The van der Waals surface area contributed by atoms with Gasteiger partial charge < -0.3 is 15.0 Å². The van der Waals surface area contributed by atoms with Gasteiger partial charge >= 0.3 is 0 Å². The molecule has 0 saturated heterocycles. The lowest BCUT2D eigenvalue weighted by atomic mass is 10.1. The Morgan fingerprint density at radius 1 is 0.950 bits per heavy atom. The van der Waals surface area contributed by atoms with Crippen LogP contribution in [0.3, 0.4) is 0 Å². The van der Waals surface area contributed by atoms with Crippen LogP contribution in [-0.2, 0) is 26.2 Å². The molecule has 1 atom stereocenters. The molecule has 0 aromatic heterocycles. The van der Waals surface area contributed by atoms with Gasteiger partial charge in [0, 0.05) is 12.1 Å². The first-order chi connectivity index (χ1) is 18.9. The second kappa shape index (κ2) is 13.0. The first-order valence-corrected chi connectivity index (χ1v) is 14.7. The average Bonchev–Trinajstić information content (AvgIpc) is 2.91. The van der Waals surface area contributed by atoms with Crippen molar-refractivity contribution in [1.82, 2.24) is 10.2 Å². The molecule has 8 nitrogen and oxygen atoms in total. The zero-order chi connectivity index (χ0) is 29.5. The van der Waals surface area contributed by atoms with Gasteiger partial charge in [0.25, 0.3) is 10.0 Å². The van der Waals surface area contributed by atoms with Crippen molar-refractivity contribution in [2.45, 2.75) is 64.1 Å². The van der Waals surface area contributed by atoms with Crippen molar-refractivity contribution in [3.63, 3.8) is 0 Å². The van der Waals surface area contributed by atoms with Crippen LogP contribution in [0.2, 0.25) is 0 Å². The maximum Gasteiger partial charge on any atom is 0.264 e. The lowest BCUT2D eigenvalue weighted by Gasteiger charge is -2.34. The quantitative estimate of drug-likeness (QED) is 0.356. The highest BCUT2D eigenvalue weighted by Crippen LogP contribution is 2.25. The van der Waals surface area contributed by atoms with Crippen molar-refractivity contribution in [2.75, 3.05) is 18.0 Å². The molecule has 3 rings (SSSR count). The number of para-hydroxylation sites is 1. The van der Waals surface area contributed by atoms with E-state index in [1.165, 1.54) is 17.0 Å². The first kappa shape index (κ1) is 30.7. The topological polar surface area (TPSA) is 96.0 Å². The molecule has 3 aromatic carbocycles. The van der Waals surface area contributed by atoms with Gasteiger partial charge in [-0.3, -0.25) is 13.9 Å². The molecule has 0 radical (unpaired) electrons. The van der Waals surface area contributed by atoms with E-state index in [4.69, 9.17) is 4.74 Å². The number of nitrogens with zero attached hydrogens (tertiary/aromatic N) is 2. The van der Waals surface area contributed by atoms with Crippen molar-refractivity contribution in [3.8, 4) is 5.75 Å². The van der Waals surface area contributed by atoms with E-state index in [9.17, 15) is 18.0 Å². The fourth-order valence-electron chi connectivity index (χ4n) is 4.30. The molecule has 0 aliphatic carbocycles. The third-order valence-electron chi connectivity index (χ3n) is 6.30. The number of amides is 2. The fraction of sp³-hybridized carbons (Fsp3) is 0.355. The summed E-state index contributed by atoms with van der Waals surface area (Å²) in [4.78, 5) is 29.0. The maximum atomic E-state index is 14.1. The number of sulfonamides is 1. The van der Waals surface area contributed by atoms with E-state index < -0.39 is 34.1 Å². The molecular weight excluding hydrogens is 526 g/mol. The summed E-state index contributed by atoms with van der Waals surface area (Å²) in [5, 5.41) is 2.97. The van der Waals surface area contributed by atoms with Gasteiger partial charge in [0.1, 0.15) is 18.3 Å². The smallest absolute Gasteiger partial charge is 0.264 e. The molecule has 0 fully saturated rings. The van der Waals surface area contributed by atoms with E-state index in [-0.39, 0.29) is 17.3 Å². The molecule has 1 N–H and O–H groups in total. The number of aryl methyl sites for hydroxylation is 1. The summed E-state index contributed by atoms with van der Waals surface area (Å²) in [5.41, 5.74) is 1.51. The Morgan fingerprint density at radius 2 is 1.60 bits per heavy atom. The molecular formula is C31H39N3O5S. The van der Waals surface area contributed by atoms with Crippen molar-refractivity contribution in [2.24, 2.45) is 0 Å². The minimum Gasteiger partial charge on any atom is -0.497 e. The van der Waals surface area contributed by atoms with E-state index in [1.807, 2.05) is 46.8 Å². The molecule has 0 bridgehead atoms. The van der Waals surface area contributed by atoms with Crippen LogP contribution in [0.5, 0.6) is 5.75 Å². The molecule has 0 saturated carbocycles. The third-order valence-corrected chi connectivity index (χ3v) is 8.09. The van der Waals surface area contributed by atoms with Crippen LogP contribution in [-0.4, -0.2) is 50.4 Å². The number of benzene rings is 3. The SMILES string of the molecule is CC[C@H](C(=O)NC(C)(C)C)N(Cc1cccc(OC)c1)C(=O)CN(c1ccccc1)S(=O)(=O)c1ccc(C)cc1. The van der Waals surface area contributed by atoms with Crippen LogP contribution in [0.1, 0.15) is 45.2 Å². The van der Waals surface area contributed by atoms with E-state index in [1.54, 1.807) is 61.7 Å². The van der Waals surface area contributed by atoms with Gasteiger partial charge in [0.05, 0.1) is 17.7 Å². The van der Waals surface area contributed by atoms with Crippen LogP contribution in [0.25, 0.3) is 0 Å². The van der Waals surface area contributed by atoms with Crippen molar-refractivity contribution in [1.29, 1.82) is 0 Å². The Balaban J connectivity index is 2.05. The zero-order valence-electron chi connectivity index (χ0n) is 24.0. The number of anilines is 1. The van der Waals surface area contributed by atoms with Crippen LogP contribution < -0.4 is 14.4 Å². The monoisotopic (exact) mass is 565 g/mol. The Labute approximate surface area is 238 Å². The number of nitrogens with one attached hydrogen (secondary N) is 1. The molecule has 214 valence electrons. The molecule has 0 aliphatic rings. The normalized spacial score (nSPS) is 12.3. The van der Waals surface area contributed by atoms with Gasteiger partial charge in [-0.1, -0.05) is 55.0 Å². The summed E-state index contributed by atoms with van der Waals surface area (Å²) in [6.45, 7) is 8.93. The van der Waals surface area contributed by atoms with E-state index in [2.05, 4.69) is 5.32 Å². The molecule has 0 aliphatic heterocycles. The zero-order valence-corrected chi connectivity index (χ0v) is 24.9. The second-order valence-electron chi connectivity index (χ2n) is 10.7. The highest BCUT2D eigenvalue weighted by Gasteiger charge is 2.34. The number of carbonyl (C=O) groups excluding carboxylic acids is 2. The van der Waals surface area contributed by atoms with Crippen LogP contribution in [0, 0.1) is 6.92 Å². The highest BCUT2D eigenvalue weighted by atomic mass is 32.2. The Bertz CT molecular complexity index is 1400. The van der Waals surface area contributed by atoms with E-state index in [0.29, 0.717) is 17.9 Å². The summed E-state index contributed by atoms with van der Waals surface area (Å²) in [7, 11) is -2.54. The molecule has 3 aromatic rings. The summed E-state index contributed by atoms with van der Waals surface area (Å²) >= 11 is 0. The number of hydrogen-bond acceptors (Lipinski definition) is 5. The lowest BCUT2D eigenvalue weighted by Crippen LogP contribution is -2.55. The van der Waals surface area contributed by atoms with Gasteiger partial charge in [-0.25, -0.2) is 8.42 Å². The van der Waals surface area contributed by atoms with Gasteiger partial charge in [-0.05, 0) is 76.1 Å². The summed E-state index contributed by atoms with van der Waals surface area (Å²) in [5.74, 6) is -0.192. The number of methoxy groups -OCH3 is 1. The summed E-state index contributed by atoms with van der Waals surface area (Å²) < 4.78 is 34.2. The molecule has 9 heteroatoms. The standard InChI is InChI=1S/C31H39N3O5S/c1-7-28(30(36)32-31(3,4)5)33(21-24-12-11-15-26(20-24)39-6)29(35)22-34(25-13-9-8-10-14-25)40(37,38)27-18-16-23(2)17-19-27/h8-20,28H,7,21-22H2,1-6H3,(H,32,36)/t28-/m1/s1. The molecule has 0 unspecified atom stereocenters. The number of ether oxygens (including phenoxy) is 1. The molecule has 2 amide bonds. The molecule has 0 heterocycles. The first-order valence-electron chi connectivity index (χ1n) is 13.2. The van der Waals surface area contributed by atoms with Gasteiger partial charge in [-0.2, -0.15) is 0 Å². The largest absolute Gasteiger partial charge is 0.497 e. The second-order valence-corrected chi connectivity index (χ2v) is 12.6. The predicted molar refractivity (Wildman–Crippen MR) is 158 cm³/mol. The molecule has 0 spiro atoms. The number of hydrogen-bond donors (Lipinski definition) is 1. The predicted octanol–water partition coefficient (Wildman–Crippen LogP) is 4.92. The van der Waals surface area contributed by atoms with Crippen LogP contribution in [0.15, 0.2) is 83.8 Å². The Hall–Kier alpha value is -3.85. The Morgan fingerprint density at radius 3 is 2.17 bits per heavy atom. The average molecular weight is 566 g/mol. The highest BCUT2D eigenvalue weighted by molar-refractivity contribution is 7.92. The number of carbonyl (C=O) groups is 2. The van der Waals surface area contributed by atoms with Gasteiger partial charge in [-0.15, -0.1) is 0 Å². The molecule has 40 heavy (non-hydrogen) atoms. The summed E-state index contributed by atoms with van der Waals surface area (Å²) in [6, 6.07) is 21.4. The van der Waals surface area contributed by atoms with Crippen LogP contribution in [0.4, 0.5) is 5.69 Å². The van der Waals surface area contributed by atoms with Crippen LogP contribution >= 0.6 is 0 Å². The van der Waals surface area contributed by atoms with Crippen molar-refractivity contribution >= 4 is 27.5 Å². The van der Waals surface area contributed by atoms with Crippen molar-refractivity contribution in [3.05, 3.63) is 90.0 Å². The van der Waals surface area contributed by atoms with Crippen molar-refractivity contribution < 1.29 is 22.7 Å².